The number of thioether (sulfide) groups is 1. The van der Waals surface area contributed by atoms with Crippen molar-refractivity contribution in [3.05, 3.63) is 0 Å². The fraction of sp³-hybridized carbons (Fsp3) is 1.00. The van der Waals surface area contributed by atoms with Gasteiger partial charge in [-0.15, -0.1) is 0 Å². The van der Waals surface area contributed by atoms with E-state index in [0.717, 1.165) is 6.42 Å². The lowest BCUT2D eigenvalue weighted by atomic mass is 9.90. The van der Waals surface area contributed by atoms with Gasteiger partial charge in [-0.25, -0.2) is 0 Å². The van der Waals surface area contributed by atoms with Gasteiger partial charge in [0.15, 0.2) is 0 Å². The van der Waals surface area contributed by atoms with Crippen LogP contribution in [0.4, 0.5) is 13.2 Å². The van der Waals surface area contributed by atoms with E-state index in [1.807, 2.05) is 0 Å². The molecule has 0 aromatic carbocycles. The van der Waals surface area contributed by atoms with Gasteiger partial charge in [-0.2, -0.15) is 13.2 Å². The van der Waals surface area contributed by atoms with Crippen LogP contribution >= 0.6 is 11.8 Å². The van der Waals surface area contributed by atoms with Crippen molar-refractivity contribution >= 4 is 11.8 Å². The van der Waals surface area contributed by atoms with Gasteiger partial charge in [0.05, 0.1) is 0 Å². The maximum atomic E-state index is 11.8. The molecule has 1 N–H and O–H groups in total. The number of alkyl halides is 3. The summed E-state index contributed by atoms with van der Waals surface area (Å²) >= 11 is 0.0148. The SMILES string of the molecule is COCCC(C)(C)CNCCSC(F)(F)F. The number of methoxy groups -OCH3 is 1. The summed E-state index contributed by atoms with van der Waals surface area (Å²) < 4.78 is 40.4. The average molecular weight is 259 g/mol. The first kappa shape index (κ1) is 16.1. The van der Waals surface area contributed by atoms with Crippen LogP contribution in [0.15, 0.2) is 0 Å². The van der Waals surface area contributed by atoms with Crippen LogP contribution in [-0.2, 0) is 4.74 Å². The minimum Gasteiger partial charge on any atom is -0.385 e. The van der Waals surface area contributed by atoms with Gasteiger partial charge in [-0.3, -0.25) is 0 Å². The molecule has 16 heavy (non-hydrogen) atoms. The highest BCUT2D eigenvalue weighted by Crippen LogP contribution is 2.29. The second-order valence-corrected chi connectivity index (χ2v) is 5.54. The summed E-state index contributed by atoms with van der Waals surface area (Å²) in [5, 5.41) is 3.03. The van der Waals surface area contributed by atoms with Crippen LogP contribution in [0.1, 0.15) is 20.3 Å². The molecule has 6 heteroatoms. The standard InChI is InChI=1S/C10H20F3NOS/c1-9(2,4-6-15-3)8-14-5-7-16-10(11,12)13/h14H,4-8H2,1-3H3. The van der Waals surface area contributed by atoms with Gasteiger partial charge in [0.25, 0.3) is 0 Å². The van der Waals surface area contributed by atoms with Crippen molar-refractivity contribution in [3.63, 3.8) is 0 Å². The monoisotopic (exact) mass is 259 g/mol. The summed E-state index contributed by atoms with van der Waals surface area (Å²) in [6.45, 7) is 5.88. The Morgan fingerprint density at radius 2 is 1.88 bits per heavy atom. The Balaban J connectivity index is 3.50. The summed E-state index contributed by atoms with van der Waals surface area (Å²) in [4.78, 5) is 0. The Morgan fingerprint density at radius 3 is 2.38 bits per heavy atom. The molecule has 0 bridgehead atoms. The number of hydrogen-bond donors (Lipinski definition) is 1. The van der Waals surface area contributed by atoms with Gasteiger partial charge in [-0.05, 0) is 23.6 Å². The molecule has 0 aromatic rings. The third-order valence-electron chi connectivity index (χ3n) is 2.13. The van der Waals surface area contributed by atoms with Crippen molar-refractivity contribution in [3.8, 4) is 0 Å². The molecule has 0 aliphatic carbocycles. The average Bonchev–Trinajstić information content (AvgIpc) is 2.12. The van der Waals surface area contributed by atoms with Crippen molar-refractivity contribution in [2.75, 3.05) is 32.6 Å². The Labute approximate surface area is 99.3 Å². The van der Waals surface area contributed by atoms with Crippen molar-refractivity contribution in [1.29, 1.82) is 0 Å². The van der Waals surface area contributed by atoms with Crippen molar-refractivity contribution < 1.29 is 17.9 Å². The summed E-state index contributed by atoms with van der Waals surface area (Å²) in [5.41, 5.74) is -4.06. The number of hydrogen-bond acceptors (Lipinski definition) is 3. The van der Waals surface area contributed by atoms with Gasteiger partial charge in [0, 0.05) is 32.6 Å². The predicted molar refractivity (Wildman–Crippen MR) is 61.7 cm³/mol. The topological polar surface area (TPSA) is 21.3 Å². The van der Waals surface area contributed by atoms with E-state index in [1.54, 1.807) is 7.11 Å². The number of halogens is 3. The quantitative estimate of drug-likeness (QED) is 0.677. The van der Waals surface area contributed by atoms with Crippen molar-refractivity contribution in [1.82, 2.24) is 5.32 Å². The van der Waals surface area contributed by atoms with Gasteiger partial charge in [-0.1, -0.05) is 13.8 Å². The molecule has 0 radical (unpaired) electrons. The molecular weight excluding hydrogens is 239 g/mol. The molecule has 2 nitrogen and oxygen atoms in total. The Morgan fingerprint density at radius 1 is 1.25 bits per heavy atom. The highest BCUT2D eigenvalue weighted by molar-refractivity contribution is 8.00. The molecule has 0 heterocycles. The largest absolute Gasteiger partial charge is 0.441 e. The Kier molecular flexibility index (Phi) is 7.43. The molecule has 98 valence electrons. The molecule has 0 amide bonds. The third kappa shape index (κ3) is 10.6. The first-order valence-corrected chi connectivity index (χ1v) is 6.16. The van der Waals surface area contributed by atoms with E-state index in [2.05, 4.69) is 19.2 Å². The van der Waals surface area contributed by atoms with Crippen molar-refractivity contribution in [2.45, 2.75) is 25.8 Å². The first-order valence-electron chi connectivity index (χ1n) is 5.17. The molecule has 0 saturated heterocycles. The first-order chi connectivity index (χ1) is 7.27. The van der Waals surface area contributed by atoms with E-state index in [0.29, 0.717) is 19.7 Å². The molecule has 0 rings (SSSR count). The van der Waals surface area contributed by atoms with E-state index < -0.39 is 5.51 Å². The minimum atomic E-state index is -4.12. The molecule has 0 fully saturated rings. The van der Waals surface area contributed by atoms with Gasteiger partial charge >= 0.3 is 5.51 Å². The van der Waals surface area contributed by atoms with Crippen LogP contribution in [0.2, 0.25) is 0 Å². The van der Waals surface area contributed by atoms with Gasteiger partial charge < -0.3 is 10.1 Å². The van der Waals surface area contributed by atoms with Gasteiger partial charge in [0.2, 0.25) is 0 Å². The fourth-order valence-electron chi connectivity index (χ4n) is 1.13. The van der Waals surface area contributed by atoms with E-state index in [1.165, 1.54) is 0 Å². The smallest absolute Gasteiger partial charge is 0.385 e. The highest BCUT2D eigenvalue weighted by Gasteiger charge is 2.27. The van der Waals surface area contributed by atoms with Crippen LogP contribution in [0.3, 0.4) is 0 Å². The molecule has 0 aliphatic heterocycles. The molecule has 0 aromatic heterocycles. The summed E-state index contributed by atoms with van der Waals surface area (Å²) in [6.07, 6.45) is 0.892. The molecule has 0 spiro atoms. The predicted octanol–water partition coefficient (Wildman–Crippen LogP) is 2.89. The second-order valence-electron chi connectivity index (χ2n) is 4.38. The lowest BCUT2D eigenvalue weighted by Crippen LogP contribution is -2.32. The van der Waals surface area contributed by atoms with E-state index in [9.17, 15) is 13.2 Å². The molecule has 0 saturated carbocycles. The number of ether oxygens (including phenoxy) is 1. The summed E-state index contributed by atoms with van der Waals surface area (Å²) in [5.74, 6) is 0.0594. The fourth-order valence-corrected chi connectivity index (χ4v) is 1.61. The zero-order valence-corrected chi connectivity index (χ0v) is 10.8. The zero-order chi connectivity index (χ0) is 12.7. The normalized spacial score (nSPS) is 13.1. The number of nitrogens with one attached hydrogen (secondary N) is 1. The van der Waals surface area contributed by atoms with Crippen LogP contribution in [0.25, 0.3) is 0 Å². The maximum Gasteiger partial charge on any atom is 0.441 e. The molecule has 0 atom stereocenters. The second kappa shape index (κ2) is 7.40. The lowest BCUT2D eigenvalue weighted by molar-refractivity contribution is -0.0327. The van der Waals surface area contributed by atoms with E-state index in [-0.39, 0.29) is 22.9 Å². The molecule has 0 unspecified atom stereocenters. The van der Waals surface area contributed by atoms with Crippen LogP contribution in [-0.4, -0.2) is 38.1 Å². The Bertz CT molecular complexity index is 185. The van der Waals surface area contributed by atoms with Gasteiger partial charge in [0.1, 0.15) is 0 Å². The van der Waals surface area contributed by atoms with Crippen LogP contribution < -0.4 is 5.32 Å². The lowest BCUT2D eigenvalue weighted by Gasteiger charge is -2.24. The minimum absolute atomic E-state index is 0.0148. The highest BCUT2D eigenvalue weighted by atomic mass is 32.2. The third-order valence-corrected chi connectivity index (χ3v) is 2.87. The summed E-state index contributed by atoms with van der Waals surface area (Å²) in [6, 6.07) is 0. The van der Waals surface area contributed by atoms with Crippen LogP contribution in [0.5, 0.6) is 0 Å². The van der Waals surface area contributed by atoms with E-state index in [4.69, 9.17) is 4.74 Å². The summed E-state index contributed by atoms with van der Waals surface area (Å²) in [7, 11) is 1.64. The molecule has 0 aliphatic rings. The van der Waals surface area contributed by atoms with E-state index >= 15 is 0 Å². The zero-order valence-electron chi connectivity index (χ0n) is 9.99. The van der Waals surface area contributed by atoms with Crippen molar-refractivity contribution in [2.24, 2.45) is 5.41 Å². The Hall–Kier alpha value is 0.0600. The maximum absolute atomic E-state index is 11.8. The van der Waals surface area contributed by atoms with Crippen LogP contribution in [0, 0.1) is 5.41 Å². The number of rotatable bonds is 8. The molecular formula is C10H20F3NOS.